The SMILES string of the molecule is O=C(NNC(=O)c1cccc2ccccc12)c1ccc[nH]1. The number of carbonyl (C=O) groups is 2. The largest absolute Gasteiger partial charge is 0.357 e. The summed E-state index contributed by atoms with van der Waals surface area (Å²) < 4.78 is 0. The summed E-state index contributed by atoms with van der Waals surface area (Å²) >= 11 is 0. The number of rotatable bonds is 2. The zero-order valence-electron chi connectivity index (χ0n) is 11.1. The molecule has 0 aliphatic heterocycles. The normalized spacial score (nSPS) is 10.3. The molecule has 1 aromatic heterocycles. The molecule has 0 spiro atoms. The van der Waals surface area contributed by atoms with Crippen LogP contribution >= 0.6 is 0 Å². The average molecular weight is 279 g/mol. The zero-order valence-corrected chi connectivity index (χ0v) is 11.1. The van der Waals surface area contributed by atoms with Gasteiger partial charge in [-0.05, 0) is 29.0 Å². The highest BCUT2D eigenvalue weighted by atomic mass is 16.2. The average Bonchev–Trinajstić information content (AvgIpc) is 3.06. The van der Waals surface area contributed by atoms with Crippen molar-refractivity contribution >= 4 is 22.6 Å². The van der Waals surface area contributed by atoms with E-state index in [9.17, 15) is 9.59 Å². The lowest BCUT2D eigenvalue weighted by atomic mass is 10.0. The van der Waals surface area contributed by atoms with Crippen LogP contribution in [-0.4, -0.2) is 16.8 Å². The maximum Gasteiger partial charge on any atom is 0.286 e. The molecular weight excluding hydrogens is 266 g/mol. The van der Waals surface area contributed by atoms with Gasteiger partial charge in [-0.25, -0.2) is 0 Å². The quantitative estimate of drug-likeness (QED) is 0.629. The predicted octanol–water partition coefficient (Wildman–Crippen LogP) is 2.24. The molecule has 0 unspecified atom stereocenters. The van der Waals surface area contributed by atoms with Gasteiger partial charge in [-0.2, -0.15) is 0 Å². The molecule has 0 fully saturated rings. The fraction of sp³-hybridized carbons (Fsp3) is 0. The molecule has 104 valence electrons. The lowest BCUT2D eigenvalue weighted by Crippen LogP contribution is -2.41. The highest BCUT2D eigenvalue weighted by molar-refractivity contribution is 6.07. The number of hydrogen-bond acceptors (Lipinski definition) is 2. The molecule has 21 heavy (non-hydrogen) atoms. The Balaban J connectivity index is 1.77. The van der Waals surface area contributed by atoms with Gasteiger partial charge < -0.3 is 4.98 Å². The topological polar surface area (TPSA) is 74.0 Å². The number of carbonyl (C=O) groups excluding carboxylic acids is 2. The summed E-state index contributed by atoms with van der Waals surface area (Å²) in [6.45, 7) is 0. The van der Waals surface area contributed by atoms with E-state index in [1.54, 1.807) is 24.4 Å². The second kappa shape index (κ2) is 5.50. The van der Waals surface area contributed by atoms with E-state index in [-0.39, 0.29) is 5.91 Å². The monoisotopic (exact) mass is 279 g/mol. The number of benzene rings is 2. The summed E-state index contributed by atoms with van der Waals surface area (Å²) in [5.41, 5.74) is 5.70. The first-order valence-electron chi connectivity index (χ1n) is 6.47. The van der Waals surface area contributed by atoms with Gasteiger partial charge >= 0.3 is 0 Å². The summed E-state index contributed by atoms with van der Waals surface area (Å²) in [7, 11) is 0. The molecule has 0 radical (unpaired) electrons. The van der Waals surface area contributed by atoms with Crippen LogP contribution in [0.25, 0.3) is 10.8 Å². The molecule has 3 aromatic rings. The van der Waals surface area contributed by atoms with E-state index in [2.05, 4.69) is 15.8 Å². The molecule has 0 aliphatic carbocycles. The Bertz CT molecular complexity index is 789. The van der Waals surface area contributed by atoms with Crippen molar-refractivity contribution in [2.45, 2.75) is 0 Å². The van der Waals surface area contributed by atoms with Crippen LogP contribution in [0.4, 0.5) is 0 Å². The fourth-order valence-electron chi connectivity index (χ4n) is 2.14. The molecule has 3 N–H and O–H groups in total. The smallest absolute Gasteiger partial charge is 0.286 e. The van der Waals surface area contributed by atoms with Crippen molar-refractivity contribution in [1.29, 1.82) is 0 Å². The van der Waals surface area contributed by atoms with Gasteiger partial charge in [0.05, 0.1) is 0 Å². The molecule has 5 nitrogen and oxygen atoms in total. The lowest BCUT2D eigenvalue weighted by Gasteiger charge is -2.08. The molecule has 2 amide bonds. The third-order valence-corrected chi connectivity index (χ3v) is 3.17. The molecule has 3 rings (SSSR count). The Hall–Kier alpha value is -3.08. The van der Waals surface area contributed by atoms with Gasteiger partial charge in [0.25, 0.3) is 11.8 Å². The number of hydrogen-bond donors (Lipinski definition) is 3. The number of aromatic nitrogens is 1. The van der Waals surface area contributed by atoms with Crippen LogP contribution in [0.2, 0.25) is 0 Å². The van der Waals surface area contributed by atoms with Crippen LogP contribution in [0.15, 0.2) is 60.8 Å². The Morgan fingerprint density at radius 1 is 0.810 bits per heavy atom. The predicted molar refractivity (Wildman–Crippen MR) is 79.7 cm³/mol. The first kappa shape index (κ1) is 12.9. The number of aromatic amines is 1. The van der Waals surface area contributed by atoms with Crippen molar-refractivity contribution < 1.29 is 9.59 Å². The van der Waals surface area contributed by atoms with E-state index in [0.29, 0.717) is 11.3 Å². The van der Waals surface area contributed by atoms with Crippen LogP contribution in [-0.2, 0) is 0 Å². The Morgan fingerprint density at radius 2 is 1.57 bits per heavy atom. The Morgan fingerprint density at radius 3 is 2.38 bits per heavy atom. The minimum absolute atomic E-state index is 0.355. The van der Waals surface area contributed by atoms with Gasteiger partial charge in [0.2, 0.25) is 0 Å². The van der Waals surface area contributed by atoms with Crippen molar-refractivity contribution in [3.05, 3.63) is 72.1 Å². The number of H-pyrrole nitrogens is 1. The third kappa shape index (κ3) is 2.62. The first-order valence-corrected chi connectivity index (χ1v) is 6.47. The number of hydrazine groups is 1. The zero-order chi connectivity index (χ0) is 14.7. The second-order valence-electron chi connectivity index (χ2n) is 4.52. The van der Waals surface area contributed by atoms with Crippen molar-refractivity contribution in [3.63, 3.8) is 0 Å². The third-order valence-electron chi connectivity index (χ3n) is 3.17. The lowest BCUT2D eigenvalue weighted by molar-refractivity contribution is 0.0845. The summed E-state index contributed by atoms with van der Waals surface area (Å²) in [4.78, 5) is 26.7. The molecule has 1 heterocycles. The van der Waals surface area contributed by atoms with Crippen molar-refractivity contribution in [1.82, 2.24) is 15.8 Å². The van der Waals surface area contributed by atoms with E-state index in [4.69, 9.17) is 0 Å². The van der Waals surface area contributed by atoms with Gasteiger partial charge in [0.15, 0.2) is 0 Å². The maximum absolute atomic E-state index is 12.2. The first-order chi connectivity index (χ1) is 10.3. The highest BCUT2D eigenvalue weighted by Gasteiger charge is 2.11. The maximum atomic E-state index is 12.2. The van der Waals surface area contributed by atoms with E-state index >= 15 is 0 Å². The van der Waals surface area contributed by atoms with Crippen molar-refractivity contribution in [3.8, 4) is 0 Å². The second-order valence-corrected chi connectivity index (χ2v) is 4.52. The van der Waals surface area contributed by atoms with Crippen LogP contribution in [0.3, 0.4) is 0 Å². The highest BCUT2D eigenvalue weighted by Crippen LogP contribution is 2.18. The minimum Gasteiger partial charge on any atom is -0.357 e. The molecular formula is C16H13N3O2. The molecule has 0 atom stereocenters. The molecule has 0 saturated carbocycles. The van der Waals surface area contributed by atoms with Crippen LogP contribution in [0.5, 0.6) is 0 Å². The Labute approximate surface area is 121 Å². The molecule has 0 aliphatic rings. The van der Waals surface area contributed by atoms with Crippen LogP contribution in [0.1, 0.15) is 20.8 Å². The van der Waals surface area contributed by atoms with Crippen LogP contribution < -0.4 is 10.9 Å². The number of amides is 2. The van der Waals surface area contributed by atoms with Crippen molar-refractivity contribution in [2.24, 2.45) is 0 Å². The van der Waals surface area contributed by atoms with Crippen LogP contribution in [0, 0.1) is 0 Å². The molecule has 0 saturated heterocycles. The molecule has 5 heteroatoms. The standard InChI is InChI=1S/C16H13N3O2/c20-15(18-19-16(21)14-9-4-10-17-14)13-8-3-6-11-5-1-2-7-12(11)13/h1-10,17H,(H,18,20)(H,19,21). The van der Waals surface area contributed by atoms with Gasteiger partial charge in [0.1, 0.15) is 5.69 Å². The van der Waals surface area contributed by atoms with Gasteiger partial charge in [-0.3, -0.25) is 20.4 Å². The number of nitrogens with one attached hydrogen (secondary N) is 3. The Kier molecular flexibility index (Phi) is 3.39. The van der Waals surface area contributed by atoms with Crippen molar-refractivity contribution in [2.75, 3.05) is 0 Å². The summed E-state index contributed by atoms with van der Waals surface area (Å²) in [6, 6.07) is 16.4. The molecule has 0 bridgehead atoms. The fourth-order valence-corrected chi connectivity index (χ4v) is 2.14. The van der Waals surface area contributed by atoms with E-state index in [1.165, 1.54) is 0 Å². The van der Waals surface area contributed by atoms with E-state index in [0.717, 1.165) is 10.8 Å². The van der Waals surface area contributed by atoms with Gasteiger partial charge in [-0.1, -0.05) is 36.4 Å². The summed E-state index contributed by atoms with van der Waals surface area (Å²) in [5.74, 6) is -0.750. The van der Waals surface area contributed by atoms with Gasteiger partial charge in [-0.15, -0.1) is 0 Å². The van der Waals surface area contributed by atoms with Gasteiger partial charge in [0, 0.05) is 11.8 Å². The van der Waals surface area contributed by atoms with E-state index in [1.807, 2.05) is 36.4 Å². The summed E-state index contributed by atoms with van der Waals surface area (Å²) in [6.07, 6.45) is 1.64. The minimum atomic E-state index is -0.395. The molecule has 2 aromatic carbocycles. The summed E-state index contributed by atoms with van der Waals surface area (Å²) in [5, 5.41) is 1.81. The van der Waals surface area contributed by atoms with E-state index < -0.39 is 5.91 Å². The number of fused-ring (bicyclic) bond motifs is 1.